The van der Waals surface area contributed by atoms with E-state index < -0.39 is 35.7 Å². The van der Waals surface area contributed by atoms with Crippen LogP contribution in [0.4, 0.5) is 34.1 Å². The molecule has 186 valence electrons. The number of nitrogens with one attached hydrogen (secondary N) is 1. The molecule has 6 rings (SSSR count). The van der Waals surface area contributed by atoms with E-state index in [1.54, 1.807) is 29.4 Å². The molecule has 3 amide bonds. The first-order valence-corrected chi connectivity index (χ1v) is 11.6. The number of hydrogen-bond donors (Lipinski definition) is 1. The summed E-state index contributed by atoms with van der Waals surface area (Å²) in [7, 11) is 0. The number of ether oxygens (including phenoxy) is 1. The Balaban J connectivity index is 1.28. The molecule has 9 nitrogen and oxygen atoms in total. The van der Waals surface area contributed by atoms with Crippen molar-refractivity contribution in [2.45, 2.75) is 44.0 Å². The molecule has 36 heavy (non-hydrogen) atoms. The predicted molar refractivity (Wildman–Crippen MR) is 121 cm³/mol. The van der Waals surface area contributed by atoms with Gasteiger partial charge in [-0.25, -0.2) is 22.8 Å². The molecule has 3 atom stereocenters. The molecule has 1 saturated carbocycles. The maximum absolute atomic E-state index is 13.7. The minimum absolute atomic E-state index is 0.111. The molecule has 0 bridgehead atoms. The molecule has 1 unspecified atom stereocenters. The Kier molecular flexibility index (Phi) is 5.31. The van der Waals surface area contributed by atoms with Gasteiger partial charge in [0.1, 0.15) is 0 Å². The molecule has 0 spiro atoms. The summed E-state index contributed by atoms with van der Waals surface area (Å²) < 4.78 is 48.1. The number of carbonyl (C=O) groups excluding carboxylic acids is 2. The number of carbonyl (C=O) groups is 2. The van der Waals surface area contributed by atoms with Crippen molar-refractivity contribution in [3.05, 3.63) is 71.6 Å². The molecule has 2 aromatic heterocycles. The molecule has 2 aliphatic heterocycles. The Morgan fingerprint density at radius 3 is 2.64 bits per heavy atom. The third-order valence-corrected chi connectivity index (χ3v) is 6.97. The molecule has 3 aromatic rings. The number of aromatic nitrogens is 3. The Bertz CT molecular complexity index is 1330. The Morgan fingerprint density at radius 1 is 1.11 bits per heavy atom. The fourth-order valence-corrected chi connectivity index (χ4v) is 5.32. The summed E-state index contributed by atoms with van der Waals surface area (Å²) in [4.78, 5) is 33.3. The molecule has 3 aliphatic rings. The van der Waals surface area contributed by atoms with E-state index in [1.807, 2.05) is 10.7 Å². The monoisotopic (exact) mass is 498 g/mol. The van der Waals surface area contributed by atoms with Gasteiger partial charge in [-0.1, -0.05) is 6.07 Å². The largest absolute Gasteiger partial charge is 0.437 e. The van der Waals surface area contributed by atoms with Crippen molar-refractivity contribution in [2.24, 2.45) is 0 Å². The minimum Gasteiger partial charge on any atom is -0.437 e. The van der Waals surface area contributed by atoms with Gasteiger partial charge in [-0.05, 0) is 31.4 Å². The summed E-state index contributed by atoms with van der Waals surface area (Å²) >= 11 is 0. The highest BCUT2D eigenvalue weighted by atomic mass is 19.2. The number of pyridine rings is 1. The van der Waals surface area contributed by atoms with Crippen LogP contribution < -0.4 is 10.2 Å². The van der Waals surface area contributed by atoms with Gasteiger partial charge in [0.2, 0.25) is 0 Å². The van der Waals surface area contributed by atoms with Crippen LogP contribution >= 0.6 is 0 Å². The number of anilines is 2. The summed E-state index contributed by atoms with van der Waals surface area (Å²) in [6.07, 6.45) is 4.52. The number of rotatable bonds is 3. The fourth-order valence-electron chi connectivity index (χ4n) is 5.32. The lowest BCUT2D eigenvalue weighted by molar-refractivity contribution is 0.138. The first-order chi connectivity index (χ1) is 17.4. The topological polar surface area (TPSA) is 92.6 Å². The van der Waals surface area contributed by atoms with Gasteiger partial charge >= 0.3 is 12.1 Å². The van der Waals surface area contributed by atoms with Gasteiger partial charge in [-0.15, -0.1) is 0 Å². The van der Waals surface area contributed by atoms with Gasteiger partial charge in [0.05, 0.1) is 48.4 Å². The Morgan fingerprint density at radius 2 is 1.89 bits per heavy atom. The van der Waals surface area contributed by atoms with E-state index in [-0.39, 0.29) is 30.9 Å². The van der Waals surface area contributed by atoms with Crippen LogP contribution in [-0.2, 0) is 11.3 Å². The Hall–Kier alpha value is -4.09. The lowest BCUT2D eigenvalue weighted by atomic mass is 10.1. The summed E-state index contributed by atoms with van der Waals surface area (Å²) in [5.74, 6) is -4.38. The molecule has 12 heteroatoms. The molecular formula is C24H21F3N6O3. The molecule has 1 N–H and O–H groups in total. The second-order valence-electron chi connectivity index (χ2n) is 9.04. The standard InChI is InChI=1S/C24H21F3N6O3/c25-14-8-13(9-15(26)22(14)27)30-23(34)31-11-20-19(10-29-33(20)18-6-3-5-17(18)31)32-12-21(36-24(32)35)16-4-1-2-7-28-16/h1-2,4,7-10,17-18,21H,3,5-6,11-12H2,(H,30,34)/t17-,18+,21?/m0/s1. The number of urea groups is 1. The number of nitrogens with zero attached hydrogens (tertiary/aromatic N) is 5. The molecule has 1 saturated heterocycles. The van der Waals surface area contributed by atoms with Crippen LogP contribution in [0.5, 0.6) is 0 Å². The van der Waals surface area contributed by atoms with Gasteiger partial charge < -0.3 is 15.0 Å². The van der Waals surface area contributed by atoms with Gasteiger partial charge in [-0.3, -0.25) is 14.6 Å². The van der Waals surface area contributed by atoms with Crippen molar-refractivity contribution in [3.8, 4) is 0 Å². The van der Waals surface area contributed by atoms with E-state index in [0.717, 1.165) is 31.4 Å². The predicted octanol–water partition coefficient (Wildman–Crippen LogP) is 4.53. The molecule has 2 fully saturated rings. The van der Waals surface area contributed by atoms with Gasteiger partial charge in [0.25, 0.3) is 0 Å². The summed E-state index contributed by atoms with van der Waals surface area (Å²) in [6.45, 7) is 0.357. The highest BCUT2D eigenvalue weighted by molar-refractivity contribution is 5.92. The molecular weight excluding hydrogens is 477 g/mol. The first-order valence-electron chi connectivity index (χ1n) is 11.6. The van der Waals surface area contributed by atoms with Crippen LogP contribution in [0.2, 0.25) is 0 Å². The van der Waals surface area contributed by atoms with E-state index in [4.69, 9.17) is 4.74 Å². The van der Waals surface area contributed by atoms with E-state index in [2.05, 4.69) is 15.4 Å². The quantitative estimate of drug-likeness (QED) is 0.536. The number of amides is 3. The summed E-state index contributed by atoms with van der Waals surface area (Å²) in [5.41, 5.74) is 1.63. The van der Waals surface area contributed by atoms with E-state index >= 15 is 0 Å². The van der Waals surface area contributed by atoms with Crippen molar-refractivity contribution < 1.29 is 27.5 Å². The second kappa shape index (κ2) is 8.54. The maximum Gasteiger partial charge on any atom is 0.415 e. The number of cyclic esters (lactones) is 1. The normalized spacial score (nSPS) is 22.9. The molecule has 1 aromatic carbocycles. The zero-order chi connectivity index (χ0) is 25.0. The van der Waals surface area contributed by atoms with Crippen molar-refractivity contribution in [1.29, 1.82) is 0 Å². The fraction of sp³-hybridized carbons (Fsp3) is 0.333. The maximum atomic E-state index is 13.7. The van der Waals surface area contributed by atoms with Gasteiger partial charge in [-0.2, -0.15) is 5.10 Å². The van der Waals surface area contributed by atoms with Crippen LogP contribution in [0, 0.1) is 17.5 Å². The average molecular weight is 498 g/mol. The zero-order valence-electron chi connectivity index (χ0n) is 18.9. The molecule has 1 aliphatic carbocycles. The SMILES string of the molecule is O=C1OC(c2ccccn2)CN1c1cnn2c1CN(C(=O)Nc1cc(F)c(F)c(F)c1)[C@H]1CCC[C@H]12. The highest BCUT2D eigenvalue weighted by Gasteiger charge is 2.44. The summed E-state index contributed by atoms with van der Waals surface area (Å²) in [5, 5.41) is 7.02. The number of fused-ring (bicyclic) bond motifs is 3. The first kappa shape index (κ1) is 22.4. The smallest absolute Gasteiger partial charge is 0.415 e. The highest BCUT2D eigenvalue weighted by Crippen LogP contribution is 2.42. The van der Waals surface area contributed by atoms with Crippen LogP contribution in [0.1, 0.15) is 42.8 Å². The lowest BCUT2D eigenvalue weighted by Gasteiger charge is -2.38. The van der Waals surface area contributed by atoms with Gasteiger partial charge in [0, 0.05) is 24.0 Å². The minimum atomic E-state index is -1.60. The van der Waals surface area contributed by atoms with Crippen molar-refractivity contribution >= 4 is 23.5 Å². The van der Waals surface area contributed by atoms with Crippen LogP contribution in [-0.4, -0.2) is 44.4 Å². The zero-order valence-corrected chi connectivity index (χ0v) is 18.9. The van der Waals surface area contributed by atoms with Crippen LogP contribution in [0.15, 0.2) is 42.7 Å². The number of halogens is 3. The molecule has 0 radical (unpaired) electrons. The van der Waals surface area contributed by atoms with Crippen molar-refractivity contribution in [1.82, 2.24) is 19.7 Å². The lowest BCUT2D eigenvalue weighted by Crippen LogP contribution is -2.49. The van der Waals surface area contributed by atoms with Crippen LogP contribution in [0.3, 0.4) is 0 Å². The summed E-state index contributed by atoms with van der Waals surface area (Å²) in [6, 6.07) is 5.97. The van der Waals surface area contributed by atoms with Crippen molar-refractivity contribution in [2.75, 3.05) is 16.8 Å². The van der Waals surface area contributed by atoms with E-state index in [0.29, 0.717) is 17.1 Å². The van der Waals surface area contributed by atoms with E-state index in [1.165, 1.54) is 4.90 Å². The van der Waals surface area contributed by atoms with Gasteiger partial charge in [0.15, 0.2) is 23.6 Å². The number of hydrogen-bond acceptors (Lipinski definition) is 5. The van der Waals surface area contributed by atoms with Crippen molar-refractivity contribution in [3.63, 3.8) is 0 Å². The Labute approximate surface area is 203 Å². The third kappa shape index (κ3) is 3.64. The average Bonchev–Trinajstić information content (AvgIpc) is 3.60. The molecule has 4 heterocycles. The van der Waals surface area contributed by atoms with E-state index in [9.17, 15) is 22.8 Å². The third-order valence-electron chi connectivity index (χ3n) is 6.97. The second-order valence-corrected chi connectivity index (χ2v) is 9.04. The van der Waals surface area contributed by atoms with Crippen LogP contribution in [0.25, 0.3) is 0 Å². The number of benzene rings is 1.